The Kier molecular flexibility index (Phi) is 6.19. The van der Waals surface area contributed by atoms with E-state index in [1.807, 2.05) is 6.07 Å². The number of amides is 2. The second-order valence-electron chi connectivity index (χ2n) is 8.32. The van der Waals surface area contributed by atoms with Crippen LogP contribution in [-0.4, -0.2) is 87.0 Å². The summed E-state index contributed by atoms with van der Waals surface area (Å²) in [6, 6.07) is 7.77. The largest absolute Gasteiger partial charge is 0.378 e. The molecule has 0 spiro atoms. The molecule has 0 unspecified atom stereocenters. The topological polar surface area (TPSA) is 116 Å². The van der Waals surface area contributed by atoms with Gasteiger partial charge in [-0.1, -0.05) is 0 Å². The summed E-state index contributed by atoms with van der Waals surface area (Å²) in [5.41, 5.74) is 0.399. The lowest BCUT2D eigenvalue weighted by molar-refractivity contribution is -0.121. The van der Waals surface area contributed by atoms with E-state index in [4.69, 9.17) is 4.74 Å². The highest BCUT2D eigenvalue weighted by molar-refractivity contribution is 7.89. The van der Waals surface area contributed by atoms with Crippen LogP contribution in [0.2, 0.25) is 0 Å². The van der Waals surface area contributed by atoms with Gasteiger partial charge in [-0.05, 0) is 30.3 Å². The summed E-state index contributed by atoms with van der Waals surface area (Å²) in [4.78, 5) is 38.3. The number of rotatable bonds is 5. The molecule has 3 aliphatic rings. The van der Waals surface area contributed by atoms with E-state index in [1.54, 1.807) is 6.20 Å². The van der Waals surface area contributed by atoms with Gasteiger partial charge >= 0.3 is 0 Å². The lowest BCUT2D eigenvalue weighted by Gasteiger charge is -2.35. The second kappa shape index (κ2) is 9.28. The van der Waals surface area contributed by atoms with Crippen LogP contribution in [0.3, 0.4) is 0 Å². The average Bonchev–Trinajstić information content (AvgIpc) is 3.22. The van der Waals surface area contributed by atoms with Crippen molar-refractivity contribution in [3.05, 3.63) is 36.5 Å². The predicted molar refractivity (Wildman–Crippen MR) is 124 cm³/mol. The fraction of sp³-hybridized carbons (Fsp3) is 0.455. The molecule has 0 bridgehead atoms. The van der Waals surface area contributed by atoms with Gasteiger partial charge in [-0.15, -0.1) is 0 Å². The fourth-order valence-corrected chi connectivity index (χ4v) is 5.79. The highest BCUT2D eigenvalue weighted by atomic mass is 32.2. The molecule has 3 fully saturated rings. The molecule has 180 valence electrons. The molecule has 0 saturated carbocycles. The number of carbonyl (C=O) groups excluding carboxylic acids is 2. The standard InChI is InChI=1S/C22H26N6O5S/c29-20-5-6-21(30)28(20)17-1-3-18(4-2-17)34(31,32)27-11-9-25(10-12-27)19-7-8-23-22(24-19)26-13-15-33-16-14-26/h1-4,7-8H,5-6,9-16H2. The smallest absolute Gasteiger partial charge is 0.243 e. The molecule has 0 aliphatic carbocycles. The fourth-order valence-electron chi connectivity index (χ4n) is 4.37. The number of anilines is 3. The van der Waals surface area contributed by atoms with Crippen molar-refractivity contribution in [1.29, 1.82) is 0 Å². The summed E-state index contributed by atoms with van der Waals surface area (Å²) < 4.78 is 33.2. The Balaban J connectivity index is 1.24. The zero-order chi connectivity index (χ0) is 23.7. The van der Waals surface area contributed by atoms with Crippen LogP contribution in [0.4, 0.5) is 17.5 Å². The molecule has 0 atom stereocenters. The minimum atomic E-state index is -3.70. The number of sulfonamides is 1. The molecule has 0 N–H and O–H groups in total. The molecule has 3 aliphatic heterocycles. The summed E-state index contributed by atoms with van der Waals surface area (Å²) in [5, 5.41) is 0. The van der Waals surface area contributed by atoms with Crippen LogP contribution in [0, 0.1) is 0 Å². The number of imide groups is 1. The average molecular weight is 487 g/mol. The molecule has 2 aromatic rings. The molecule has 4 heterocycles. The van der Waals surface area contributed by atoms with Crippen molar-refractivity contribution >= 4 is 39.3 Å². The number of nitrogens with zero attached hydrogens (tertiary/aromatic N) is 6. The predicted octanol–water partition coefficient (Wildman–Crippen LogP) is 0.478. The molecule has 5 rings (SSSR count). The van der Waals surface area contributed by atoms with Gasteiger partial charge in [0.2, 0.25) is 27.8 Å². The molecule has 34 heavy (non-hydrogen) atoms. The quantitative estimate of drug-likeness (QED) is 0.556. The van der Waals surface area contributed by atoms with Crippen molar-refractivity contribution in [2.24, 2.45) is 0 Å². The maximum atomic E-state index is 13.2. The lowest BCUT2D eigenvalue weighted by Crippen LogP contribution is -2.49. The van der Waals surface area contributed by atoms with Gasteiger partial charge in [0.15, 0.2) is 0 Å². The number of carbonyl (C=O) groups is 2. The Morgan fingerprint density at radius 3 is 2.09 bits per heavy atom. The van der Waals surface area contributed by atoms with Gasteiger partial charge in [0.1, 0.15) is 5.82 Å². The molecule has 3 saturated heterocycles. The normalized spacial score (nSPS) is 20.3. The van der Waals surface area contributed by atoms with E-state index in [0.29, 0.717) is 51.0 Å². The minimum Gasteiger partial charge on any atom is -0.378 e. The Labute approximate surface area is 198 Å². The molecular weight excluding hydrogens is 460 g/mol. The van der Waals surface area contributed by atoms with Crippen LogP contribution in [0.5, 0.6) is 0 Å². The van der Waals surface area contributed by atoms with Crippen molar-refractivity contribution in [2.75, 3.05) is 67.2 Å². The molecule has 1 aromatic heterocycles. The second-order valence-corrected chi connectivity index (χ2v) is 10.3. The van der Waals surface area contributed by atoms with E-state index in [2.05, 4.69) is 19.8 Å². The Hall–Kier alpha value is -3.09. The van der Waals surface area contributed by atoms with Gasteiger partial charge < -0.3 is 14.5 Å². The third kappa shape index (κ3) is 4.36. The van der Waals surface area contributed by atoms with Gasteiger partial charge in [-0.2, -0.15) is 9.29 Å². The van der Waals surface area contributed by atoms with E-state index in [-0.39, 0.29) is 29.6 Å². The number of benzene rings is 1. The Morgan fingerprint density at radius 1 is 0.794 bits per heavy atom. The van der Waals surface area contributed by atoms with E-state index in [1.165, 1.54) is 28.6 Å². The molecule has 1 aromatic carbocycles. The van der Waals surface area contributed by atoms with Gasteiger partial charge in [-0.3, -0.25) is 14.5 Å². The minimum absolute atomic E-state index is 0.139. The SMILES string of the molecule is O=C1CCC(=O)N1c1ccc(S(=O)(=O)N2CCN(c3ccnc(N4CCOCC4)n3)CC2)cc1. The highest BCUT2D eigenvalue weighted by Crippen LogP contribution is 2.26. The Morgan fingerprint density at radius 2 is 1.44 bits per heavy atom. The van der Waals surface area contributed by atoms with Gasteiger partial charge in [0.05, 0.1) is 23.8 Å². The third-order valence-electron chi connectivity index (χ3n) is 6.27. The molecule has 0 radical (unpaired) electrons. The maximum absolute atomic E-state index is 13.2. The third-order valence-corrected chi connectivity index (χ3v) is 8.18. The van der Waals surface area contributed by atoms with Crippen molar-refractivity contribution < 1.29 is 22.7 Å². The number of ether oxygens (including phenoxy) is 1. The van der Waals surface area contributed by atoms with Gasteiger partial charge in [0, 0.05) is 58.3 Å². The number of hydrogen-bond donors (Lipinski definition) is 0. The summed E-state index contributed by atoms with van der Waals surface area (Å²) in [6.45, 7) is 4.45. The summed E-state index contributed by atoms with van der Waals surface area (Å²) >= 11 is 0. The Bertz CT molecular complexity index is 1160. The monoisotopic (exact) mass is 486 g/mol. The van der Waals surface area contributed by atoms with Crippen molar-refractivity contribution in [3.63, 3.8) is 0 Å². The molecule has 12 heteroatoms. The first kappa shape index (κ1) is 22.7. The first-order valence-corrected chi connectivity index (χ1v) is 12.7. The van der Waals surface area contributed by atoms with Crippen molar-refractivity contribution in [3.8, 4) is 0 Å². The van der Waals surface area contributed by atoms with E-state index in [0.717, 1.165) is 23.8 Å². The van der Waals surface area contributed by atoms with E-state index >= 15 is 0 Å². The lowest BCUT2D eigenvalue weighted by atomic mass is 10.3. The summed E-state index contributed by atoms with van der Waals surface area (Å²) in [6.07, 6.45) is 2.10. The van der Waals surface area contributed by atoms with Crippen molar-refractivity contribution in [1.82, 2.24) is 14.3 Å². The maximum Gasteiger partial charge on any atom is 0.243 e. The number of piperazine rings is 1. The van der Waals surface area contributed by atoms with Crippen LogP contribution in [0.1, 0.15) is 12.8 Å². The first-order chi connectivity index (χ1) is 16.4. The zero-order valence-electron chi connectivity index (χ0n) is 18.7. The number of hydrogen-bond acceptors (Lipinski definition) is 9. The first-order valence-electron chi connectivity index (χ1n) is 11.3. The number of aromatic nitrogens is 2. The van der Waals surface area contributed by atoms with Crippen LogP contribution in [-0.2, 0) is 24.3 Å². The summed E-state index contributed by atoms with van der Waals surface area (Å²) in [7, 11) is -3.70. The van der Waals surface area contributed by atoms with E-state index < -0.39 is 10.0 Å². The van der Waals surface area contributed by atoms with Crippen molar-refractivity contribution in [2.45, 2.75) is 17.7 Å². The summed E-state index contributed by atoms with van der Waals surface area (Å²) in [5.74, 6) is 0.903. The number of morpholine rings is 1. The van der Waals surface area contributed by atoms with Crippen LogP contribution >= 0.6 is 0 Å². The highest BCUT2D eigenvalue weighted by Gasteiger charge is 2.32. The molecule has 11 nitrogen and oxygen atoms in total. The van der Waals surface area contributed by atoms with Gasteiger partial charge in [0.25, 0.3) is 0 Å². The van der Waals surface area contributed by atoms with E-state index in [9.17, 15) is 18.0 Å². The van der Waals surface area contributed by atoms with Crippen LogP contribution < -0.4 is 14.7 Å². The zero-order valence-corrected chi connectivity index (χ0v) is 19.5. The molecule has 2 amide bonds. The van der Waals surface area contributed by atoms with Crippen LogP contribution in [0.15, 0.2) is 41.4 Å². The van der Waals surface area contributed by atoms with Crippen LogP contribution in [0.25, 0.3) is 0 Å². The molecular formula is C22H26N6O5S. The van der Waals surface area contributed by atoms with Gasteiger partial charge in [-0.25, -0.2) is 13.4 Å².